The van der Waals surface area contributed by atoms with Gasteiger partial charge in [0.1, 0.15) is 11.8 Å². The van der Waals surface area contributed by atoms with E-state index in [1.54, 1.807) is 21.3 Å². The van der Waals surface area contributed by atoms with Crippen LogP contribution in [-0.2, 0) is 22.8 Å². The third kappa shape index (κ3) is 3.25. The molecule has 1 heterocycles. The highest BCUT2D eigenvalue weighted by Gasteiger charge is 2.50. The molecule has 1 aliphatic rings. The summed E-state index contributed by atoms with van der Waals surface area (Å²) >= 11 is 0. The van der Waals surface area contributed by atoms with Crippen LogP contribution in [0.25, 0.3) is 0 Å². The van der Waals surface area contributed by atoms with Crippen molar-refractivity contribution in [3.63, 3.8) is 0 Å². The van der Waals surface area contributed by atoms with Gasteiger partial charge in [-0.05, 0) is 5.92 Å². The monoisotopic (exact) mass is 250 g/mol. The van der Waals surface area contributed by atoms with E-state index >= 15 is 0 Å². The molecule has 0 saturated carbocycles. The summed E-state index contributed by atoms with van der Waals surface area (Å²) < 4.78 is 27.3. The van der Waals surface area contributed by atoms with Crippen molar-refractivity contribution in [1.29, 1.82) is 0 Å². The van der Waals surface area contributed by atoms with Crippen LogP contribution in [0.1, 0.15) is 13.8 Å². The molecule has 0 radical (unpaired) electrons. The first-order valence-corrected chi connectivity index (χ1v) is 7.28. The molecule has 0 aliphatic carbocycles. The Labute approximate surface area is 98.3 Å². The van der Waals surface area contributed by atoms with Crippen LogP contribution in [0.4, 0.5) is 0 Å². The molecule has 5 nitrogen and oxygen atoms in total. The summed E-state index contributed by atoms with van der Waals surface area (Å²) in [5, 5.41) is 0. The smallest absolute Gasteiger partial charge is 0.375 e. The minimum absolute atomic E-state index is 0.156. The van der Waals surface area contributed by atoms with Gasteiger partial charge in [-0.15, -0.1) is 0 Å². The lowest BCUT2D eigenvalue weighted by Gasteiger charge is -2.34. The first-order chi connectivity index (χ1) is 7.59. The first kappa shape index (κ1) is 14.1. The molecule has 0 spiro atoms. The Kier molecular flexibility index (Phi) is 5.36. The van der Waals surface area contributed by atoms with Crippen molar-refractivity contribution < 1.29 is 22.8 Å². The Morgan fingerprint density at radius 3 is 2.00 bits per heavy atom. The fraction of sp³-hybridized carbons (Fsp3) is 1.00. The van der Waals surface area contributed by atoms with Crippen LogP contribution >= 0.6 is 0 Å². The number of epoxide rings is 1. The Hall–Kier alpha value is 0.0169. The molecule has 96 valence electrons. The van der Waals surface area contributed by atoms with Gasteiger partial charge in [0.15, 0.2) is 0 Å². The maximum atomic E-state index is 5.83. The van der Waals surface area contributed by atoms with Crippen molar-refractivity contribution in [3.05, 3.63) is 0 Å². The van der Waals surface area contributed by atoms with E-state index in [0.717, 1.165) is 6.61 Å². The number of hydrogen-bond acceptors (Lipinski definition) is 5. The van der Waals surface area contributed by atoms with Gasteiger partial charge >= 0.3 is 8.80 Å². The summed E-state index contributed by atoms with van der Waals surface area (Å²) in [6.07, 6.45) is 0.235. The molecule has 1 aliphatic heterocycles. The lowest BCUT2D eigenvalue weighted by molar-refractivity contribution is -0.0116. The normalized spacial score (nSPS) is 22.5. The van der Waals surface area contributed by atoms with Gasteiger partial charge in [0.05, 0.1) is 13.2 Å². The van der Waals surface area contributed by atoms with Crippen LogP contribution in [-0.4, -0.2) is 55.2 Å². The Bertz CT molecular complexity index is 195. The third-order valence-electron chi connectivity index (χ3n) is 2.67. The summed E-state index contributed by atoms with van der Waals surface area (Å²) in [5.74, 6) is 0.269. The van der Waals surface area contributed by atoms with Gasteiger partial charge in [-0.25, -0.2) is 0 Å². The number of hydrogen-bond donors (Lipinski definition) is 0. The van der Waals surface area contributed by atoms with Crippen LogP contribution in [0.3, 0.4) is 0 Å². The minimum Gasteiger partial charge on any atom is -0.375 e. The SMILES string of the molecule is CO[Si](OC)(OC)C(OCC1CO1)C(C)C. The molecule has 1 fully saturated rings. The molecular formula is C10H22O5Si. The Morgan fingerprint density at radius 2 is 1.69 bits per heavy atom. The van der Waals surface area contributed by atoms with Crippen molar-refractivity contribution in [2.45, 2.75) is 25.7 Å². The molecular weight excluding hydrogens is 228 g/mol. The van der Waals surface area contributed by atoms with E-state index in [2.05, 4.69) is 13.8 Å². The van der Waals surface area contributed by atoms with Gasteiger partial charge in [0.25, 0.3) is 0 Å². The maximum absolute atomic E-state index is 5.83. The van der Waals surface area contributed by atoms with E-state index in [0.29, 0.717) is 6.61 Å². The van der Waals surface area contributed by atoms with Gasteiger partial charge in [-0.3, -0.25) is 0 Å². The lowest BCUT2D eigenvalue weighted by atomic mass is 10.2. The number of ether oxygens (including phenoxy) is 2. The summed E-state index contributed by atoms with van der Waals surface area (Å²) in [5.41, 5.74) is -0.156. The predicted octanol–water partition coefficient (Wildman–Crippen LogP) is 0.844. The zero-order chi connectivity index (χ0) is 12.2. The molecule has 2 atom stereocenters. The molecule has 1 saturated heterocycles. The Morgan fingerprint density at radius 1 is 1.19 bits per heavy atom. The highest BCUT2D eigenvalue weighted by molar-refractivity contribution is 6.62. The third-order valence-corrected chi connectivity index (χ3v) is 5.91. The molecule has 0 bridgehead atoms. The first-order valence-electron chi connectivity index (χ1n) is 5.48. The van der Waals surface area contributed by atoms with Gasteiger partial charge < -0.3 is 22.8 Å². The summed E-state index contributed by atoms with van der Waals surface area (Å²) in [6, 6.07) is 0. The highest BCUT2D eigenvalue weighted by Crippen LogP contribution is 2.23. The largest absolute Gasteiger partial charge is 0.530 e. The Balaban J connectivity index is 2.63. The predicted molar refractivity (Wildman–Crippen MR) is 61.1 cm³/mol. The van der Waals surface area contributed by atoms with Gasteiger partial charge in [0.2, 0.25) is 0 Å². The average molecular weight is 250 g/mol. The fourth-order valence-electron chi connectivity index (χ4n) is 1.68. The van der Waals surface area contributed by atoms with E-state index in [-0.39, 0.29) is 17.7 Å². The topological polar surface area (TPSA) is 49.5 Å². The summed E-state index contributed by atoms with van der Waals surface area (Å²) in [7, 11) is 2.08. The fourth-order valence-corrected chi connectivity index (χ4v) is 3.99. The van der Waals surface area contributed by atoms with Crippen LogP contribution in [0, 0.1) is 5.92 Å². The van der Waals surface area contributed by atoms with Gasteiger partial charge in [-0.2, -0.15) is 0 Å². The molecule has 16 heavy (non-hydrogen) atoms. The molecule has 0 amide bonds. The van der Waals surface area contributed by atoms with Crippen LogP contribution in [0.15, 0.2) is 0 Å². The van der Waals surface area contributed by atoms with E-state index in [1.807, 2.05) is 0 Å². The van der Waals surface area contributed by atoms with Crippen molar-refractivity contribution in [1.82, 2.24) is 0 Å². The highest BCUT2D eigenvalue weighted by atomic mass is 28.4. The van der Waals surface area contributed by atoms with E-state index in [9.17, 15) is 0 Å². The molecule has 0 aromatic heterocycles. The van der Waals surface area contributed by atoms with Crippen LogP contribution in [0.2, 0.25) is 0 Å². The van der Waals surface area contributed by atoms with E-state index in [4.69, 9.17) is 22.8 Å². The zero-order valence-electron chi connectivity index (χ0n) is 10.7. The molecule has 0 aromatic rings. The van der Waals surface area contributed by atoms with Gasteiger partial charge in [-0.1, -0.05) is 13.8 Å². The number of rotatable bonds is 8. The second kappa shape index (κ2) is 6.09. The zero-order valence-corrected chi connectivity index (χ0v) is 11.7. The molecule has 2 unspecified atom stereocenters. The van der Waals surface area contributed by atoms with Crippen LogP contribution < -0.4 is 0 Å². The average Bonchev–Trinajstić information content (AvgIpc) is 3.08. The molecule has 1 rings (SSSR count). The summed E-state index contributed by atoms with van der Waals surface area (Å²) in [4.78, 5) is 0. The quantitative estimate of drug-likeness (QED) is 0.472. The molecule has 0 N–H and O–H groups in total. The molecule has 0 aromatic carbocycles. The van der Waals surface area contributed by atoms with Gasteiger partial charge in [0, 0.05) is 21.3 Å². The van der Waals surface area contributed by atoms with E-state index < -0.39 is 8.80 Å². The standard InChI is InChI=1S/C10H22O5Si/c1-8(2)10(15-7-9-6-14-9)16(11-3,12-4)13-5/h8-10H,6-7H2,1-5H3. The van der Waals surface area contributed by atoms with Crippen LogP contribution in [0.5, 0.6) is 0 Å². The van der Waals surface area contributed by atoms with Crippen molar-refractivity contribution >= 4 is 8.80 Å². The second-order valence-corrected chi connectivity index (χ2v) is 7.17. The molecule has 6 heteroatoms. The van der Waals surface area contributed by atoms with Crippen molar-refractivity contribution in [2.24, 2.45) is 5.92 Å². The van der Waals surface area contributed by atoms with E-state index in [1.165, 1.54) is 0 Å². The minimum atomic E-state index is -2.73. The van der Waals surface area contributed by atoms with Crippen molar-refractivity contribution in [2.75, 3.05) is 34.5 Å². The maximum Gasteiger partial charge on any atom is 0.530 e. The summed E-state index contributed by atoms with van der Waals surface area (Å²) in [6.45, 7) is 5.49. The lowest BCUT2D eigenvalue weighted by Crippen LogP contribution is -2.58. The van der Waals surface area contributed by atoms with Crippen molar-refractivity contribution in [3.8, 4) is 0 Å². The second-order valence-electron chi connectivity index (χ2n) is 4.17.